The van der Waals surface area contributed by atoms with Crippen molar-refractivity contribution in [2.75, 3.05) is 18.5 Å². The Kier molecular flexibility index (Phi) is 4.36. The highest BCUT2D eigenvalue weighted by Crippen LogP contribution is 2.69. The van der Waals surface area contributed by atoms with Crippen LogP contribution in [0.4, 0.5) is 5.69 Å². The molecule has 2 aliphatic heterocycles. The smallest absolute Gasteiger partial charge is 0.254 e. The molecule has 2 spiro atoms. The first-order chi connectivity index (χ1) is 18.5. The molecule has 1 saturated heterocycles. The van der Waals surface area contributed by atoms with Crippen LogP contribution in [0.3, 0.4) is 0 Å². The van der Waals surface area contributed by atoms with Gasteiger partial charge < -0.3 is 4.90 Å². The van der Waals surface area contributed by atoms with Crippen molar-refractivity contribution >= 4 is 28.2 Å². The van der Waals surface area contributed by atoms with Crippen LogP contribution in [0.2, 0.25) is 0 Å². The second-order valence-electron chi connectivity index (χ2n) is 10.4. The molecule has 6 heteroatoms. The molecule has 2 heterocycles. The van der Waals surface area contributed by atoms with Crippen LogP contribution in [0.1, 0.15) is 27.0 Å². The molecule has 182 valence electrons. The van der Waals surface area contributed by atoms with Gasteiger partial charge in [0.1, 0.15) is 11.0 Å². The number of rotatable bonds is 2. The van der Waals surface area contributed by atoms with Gasteiger partial charge in [0.05, 0.1) is 18.7 Å². The maximum atomic E-state index is 15.0. The van der Waals surface area contributed by atoms with Crippen molar-refractivity contribution in [2.24, 2.45) is 5.41 Å². The highest BCUT2D eigenvalue weighted by Gasteiger charge is 2.83. The minimum absolute atomic E-state index is 0.0463. The van der Waals surface area contributed by atoms with Crippen LogP contribution in [-0.4, -0.2) is 30.2 Å². The Balaban J connectivity index is 1.61. The number of Topliss-reactive ketones (excluding diaryl/α,β-unsaturated/α-hetero) is 1. The van der Waals surface area contributed by atoms with E-state index in [0.717, 1.165) is 16.3 Å². The van der Waals surface area contributed by atoms with Gasteiger partial charge in [0, 0.05) is 23.4 Å². The van der Waals surface area contributed by atoms with Gasteiger partial charge in [0.25, 0.3) is 5.91 Å². The Bertz CT molecular complexity index is 1760. The fourth-order valence-electron chi connectivity index (χ4n) is 7.49. The number of carbonyl (C=O) groups is 2. The Morgan fingerprint density at radius 2 is 1.47 bits per heavy atom. The fraction of sp³-hybridized carbons (Fsp3) is 0.188. The first-order valence-corrected chi connectivity index (χ1v) is 12.5. The predicted octanol–water partition coefficient (Wildman–Crippen LogP) is 4.70. The van der Waals surface area contributed by atoms with Gasteiger partial charge in [-0.2, -0.15) is 10.5 Å². The van der Waals surface area contributed by atoms with E-state index < -0.39 is 16.4 Å². The van der Waals surface area contributed by atoms with Crippen LogP contribution in [-0.2, 0) is 22.3 Å². The molecule has 4 aromatic rings. The van der Waals surface area contributed by atoms with Crippen molar-refractivity contribution in [3.05, 3.63) is 113 Å². The molecular weight excluding hydrogens is 472 g/mol. The summed E-state index contributed by atoms with van der Waals surface area (Å²) in [6.07, 6.45) is 0. The molecule has 0 radical (unpaired) electrons. The summed E-state index contributed by atoms with van der Waals surface area (Å²) in [5.74, 6) is -0.642. The zero-order chi connectivity index (χ0) is 26.3. The van der Waals surface area contributed by atoms with E-state index >= 15 is 4.79 Å². The lowest BCUT2D eigenvalue weighted by atomic mass is 9.53. The van der Waals surface area contributed by atoms with Gasteiger partial charge in [-0.25, -0.2) is 0 Å². The maximum Gasteiger partial charge on any atom is 0.254 e. The summed E-state index contributed by atoms with van der Waals surface area (Å²) >= 11 is 0. The molecule has 0 saturated carbocycles. The van der Waals surface area contributed by atoms with Gasteiger partial charge in [-0.05, 0) is 35.0 Å². The molecular formula is C32H22N4O2. The lowest BCUT2D eigenvalue weighted by molar-refractivity contribution is -0.130. The topological polar surface area (TPSA) is 88.2 Å². The van der Waals surface area contributed by atoms with Crippen molar-refractivity contribution in [1.82, 2.24) is 4.90 Å². The molecule has 0 N–H and O–H groups in total. The Hall–Kier alpha value is -4.78. The van der Waals surface area contributed by atoms with E-state index in [9.17, 15) is 15.3 Å². The number of nitriles is 2. The zero-order valence-corrected chi connectivity index (χ0v) is 20.7. The molecule has 7 rings (SSSR count). The average Bonchev–Trinajstić information content (AvgIpc) is 3.47. The number of carbonyl (C=O) groups excluding carboxylic acids is 2. The summed E-state index contributed by atoms with van der Waals surface area (Å²) in [7, 11) is 1.76. The van der Waals surface area contributed by atoms with E-state index in [-0.39, 0.29) is 18.2 Å². The third kappa shape index (κ3) is 2.22. The number of para-hydroxylation sites is 1. The Morgan fingerprint density at radius 1 is 0.816 bits per heavy atom. The third-order valence-electron chi connectivity index (χ3n) is 8.83. The van der Waals surface area contributed by atoms with Crippen molar-refractivity contribution in [2.45, 2.75) is 17.5 Å². The number of anilines is 1. The second kappa shape index (κ2) is 7.38. The molecule has 4 aromatic carbocycles. The van der Waals surface area contributed by atoms with Crippen LogP contribution in [0.25, 0.3) is 10.8 Å². The first kappa shape index (κ1) is 22.4. The number of hydrogen-bond donors (Lipinski definition) is 0. The summed E-state index contributed by atoms with van der Waals surface area (Å²) in [4.78, 5) is 33.4. The molecule has 0 unspecified atom stereocenters. The number of hydrogen-bond acceptors (Lipinski definition) is 5. The van der Waals surface area contributed by atoms with Crippen molar-refractivity contribution < 1.29 is 9.59 Å². The van der Waals surface area contributed by atoms with E-state index in [2.05, 4.69) is 12.1 Å². The maximum absolute atomic E-state index is 15.0. The first-order valence-electron chi connectivity index (χ1n) is 12.5. The monoisotopic (exact) mass is 494 g/mol. The van der Waals surface area contributed by atoms with Gasteiger partial charge in [-0.1, -0.05) is 84.9 Å². The number of ketones is 1. The van der Waals surface area contributed by atoms with E-state index in [4.69, 9.17) is 0 Å². The van der Waals surface area contributed by atoms with Crippen LogP contribution >= 0.6 is 0 Å². The van der Waals surface area contributed by atoms with Gasteiger partial charge >= 0.3 is 0 Å². The SMILES string of the molecule is CN1CC(C#N)(C#N)[C@]2(C(=O)c3cccc4cccc2c34)[C@@]12C(=O)N(Cc1ccccc1)c1ccccc12. The quantitative estimate of drug-likeness (QED) is 0.403. The fourth-order valence-corrected chi connectivity index (χ4v) is 7.49. The Labute approximate surface area is 219 Å². The van der Waals surface area contributed by atoms with Crippen molar-refractivity contribution in [3.8, 4) is 12.1 Å². The molecule has 1 aliphatic carbocycles. The summed E-state index contributed by atoms with van der Waals surface area (Å²) in [5, 5.41) is 23.0. The minimum atomic E-state index is -1.79. The lowest BCUT2D eigenvalue weighted by Crippen LogP contribution is -2.63. The number of benzene rings is 4. The molecule has 1 fully saturated rings. The molecule has 38 heavy (non-hydrogen) atoms. The molecule has 6 nitrogen and oxygen atoms in total. The third-order valence-corrected chi connectivity index (χ3v) is 8.83. The van der Waals surface area contributed by atoms with E-state index in [1.807, 2.05) is 84.9 Å². The van der Waals surface area contributed by atoms with Gasteiger partial charge in [-0.15, -0.1) is 0 Å². The Morgan fingerprint density at radius 3 is 2.21 bits per heavy atom. The summed E-state index contributed by atoms with van der Waals surface area (Å²) < 4.78 is 0. The normalized spacial score (nSPS) is 24.8. The standard InChI is InChI=1S/C32H22N4O2/c1-35-20-30(18-33,19-34)31(25-15-8-12-22-11-7-13-23(27(22)25)28(31)37)32(35)24-14-5-6-16-26(24)36(29(32)38)17-21-9-3-2-4-10-21/h2-16H,17,20H2,1H3/t31-,32+/m0/s1. The number of likely N-dealkylation sites (N-methyl/N-ethyl adjacent to an activating group) is 1. The van der Waals surface area contributed by atoms with Crippen LogP contribution < -0.4 is 4.90 Å². The molecule has 1 amide bonds. The van der Waals surface area contributed by atoms with Gasteiger partial charge in [0.2, 0.25) is 0 Å². The highest BCUT2D eigenvalue weighted by molar-refractivity contribution is 6.26. The minimum Gasteiger partial charge on any atom is -0.306 e. The highest BCUT2D eigenvalue weighted by atomic mass is 16.2. The van der Waals surface area contributed by atoms with Crippen LogP contribution in [0, 0.1) is 28.1 Å². The van der Waals surface area contributed by atoms with Crippen LogP contribution in [0.5, 0.6) is 0 Å². The number of amides is 1. The van der Waals surface area contributed by atoms with Gasteiger partial charge in [-0.3, -0.25) is 14.5 Å². The largest absolute Gasteiger partial charge is 0.306 e. The average molecular weight is 495 g/mol. The van der Waals surface area contributed by atoms with E-state index in [1.165, 1.54) is 0 Å². The number of fused-ring (bicyclic) bond motifs is 4. The number of likely N-dealkylation sites (tertiary alicyclic amines) is 1. The zero-order valence-electron chi connectivity index (χ0n) is 20.7. The second-order valence-corrected chi connectivity index (χ2v) is 10.4. The molecule has 0 aromatic heterocycles. The van der Waals surface area contributed by atoms with Crippen molar-refractivity contribution in [1.29, 1.82) is 10.5 Å². The molecule has 2 atom stereocenters. The van der Waals surface area contributed by atoms with E-state index in [0.29, 0.717) is 28.9 Å². The summed E-state index contributed by atoms with van der Waals surface area (Å²) in [5.41, 5.74) is -1.81. The lowest BCUT2D eigenvalue weighted by Gasteiger charge is -2.45. The van der Waals surface area contributed by atoms with Crippen LogP contribution in [0.15, 0.2) is 91.0 Å². The molecule has 3 aliphatic rings. The summed E-state index contributed by atoms with van der Waals surface area (Å²) in [6.45, 7) is 0.259. The van der Waals surface area contributed by atoms with Gasteiger partial charge in [0.15, 0.2) is 11.2 Å². The molecule has 0 bridgehead atoms. The number of nitrogens with zero attached hydrogens (tertiary/aromatic N) is 4. The summed E-state index contributed by atoms with van der Waals surface area (Å²) in [6, 6.07) is 32.8. The predicted molar refractivity (Wildman–Crippen MR) is 142 cm³/mol. The van der Waals surface area contributed by atoms with Crippen molar-refractivity contribution in [3.63, 3.8) is 0 Å². The van der Waals surface area contributed by atoms with E-state index in [1.54, 1.807) is 22.9 Å².